The lowest BCUT2D eigenvalue weighted by molar-refractivity contribution is -0.123. The van der Waals surface area contributed by atoms with Crippen molar-refractivity contribution in [3.05, 3.63) is 53.0 Å². The zero-order valence-corrected chi connectivity index (χ0v) is 23.1. The lowest BCUT2D eigenvalue weighted by Crippen LogP contribution is -2.44. The number of allylic oxidation sites excluding steroid dienone is 1. The number of anilines is 1. The molecule has 0 spiro atoms. The number of alkyl carbamates (subject to hydrolysis) is 1. The van der Waals surface area contributed by atoms with E-state index >= 15 is 0 Å². The number of hydrogen-bond donors (Lipinski definition) is 3. The van der Waals surface area contributed by atoms with Crippen molar-refractivity contribution in [3.63, 3.8) is 0 Å². The van der Waals surface area contributed by atoms with Crippen LogP contribution in [0.25, 0.3) is 11.2 Å². The van der Waals surface area contributed by atoms with Crippen molar-refractivity contribution in [1.29, 1.82) is 0 Å². The molecule has 3 amide bonds. The molecule has 1 unspecified atom stereocenters. The number of fused-ring (bicyclic) bond motifs is 1. The van der Waals surface area contributed by atoms with E-state index in [-0.39, 0.29) is 24.6 Å². The molecule has 14 heteroatoms. The van der Waals surface area contributed by atoms with Gasteiger partial charge in [0.25, 0.3) is 5.56 Å². The summed E-state index contributed by atoms with van der Waals surface area (Å²) >= 11 is 0. The predicted octanol–water partition coefficient (Wildman–Crippen LogP) is 1.69. The predicted molar refractivity (Wildman–Crippen MR) is 147 cm³/mol. The monoisotopic (exact) mass is 554 g/mol. The Hall–Kier alpha value is -4.75. The van der Waals surface area contributed by atoms with Gasteiger partial charge in [-0.1, -0.05) is 19.9 Å². The Bertz CT molecular complexity index is 1430. The molecule has 1 atom stereocenters. The summed E-state index contributed by atoms with van der Waals surface area (Å²) in [6, 6.07) is 2.05. The van der Waals surface area contributed by atoms with Crippen molar-refractivity contribution < 1.29 is 23.9 Å². The molecule has 214 valence electrons. The highest BCUT2D eigenvalue weighted by Gasteiger charge is 2.22. The highest BCUT2D eigenvalue weighted by atomic mass is 16.5. The lowest BCUT2D eigenvalue weighted by atomic mass is 10.1. The topological polar surface area (TPSA) is 173 Å². The number of H-pyrrole nitrogens is 1. The van der Waals surface area contributed by atoms with Gasteiger partial charge in [-0.25, -0.2) is 14.8 Å². The zero-order chi connectivity index (χ0) is 29.2. The first-order chi connectivity index (χ1) is 19.1. The van der Waals surface area contributed by atoms with E-state index in [1.807, 2.05) is 13.8 Å². The normalized spacial score (nSPS) is 11.9. The van der Waals surface area contributed by atoms with Gasteiger partial charge in [-0.15, -0.1) is 0 Å². The Morgan fingerprint density at radius 1 is 1.23 bits per heavy atom. The summed E-state index contributed by atoms with van der Waals surface area (Å²) in [6.45, 7) is 4.58. The highest BCUT2D eigenvalue weighted by Crippen LogP contribution is 2.20. The first-order valence-electron chi connectivity index (χ1n) is 12.6. The number of rotatable bonds is 12. The molecule has 0 saturated heterocycles. The number of methoxy groups -OCH3 is 1. The minimum atomic E-state index is -1.02. The van der Waals surface area contributed by atoms with E-state index < -0.39 is 23.6 Å². The molecule has 0 fully saturated rings. The Labute approximate surface area is 230 Å². The Kier molecular flexibility index (Phi) is 10.3. The minimum absolute atomic E-state index is 0.0133. The number of amides is 3. The third kappa shape index (κ3) is 8.12. The van der Waals surface area contributed by atoms with E-state index in [1.165, 1.54) is 35.0 Å². The van der Waals surface area contributed by atoms with Crippen LogP contribution in [0.15, 0.2) is 41.6 Å². The SMILES string of the molecule is COC(=O)NC(CCC=CC(=O)N(C)C)C(=O)Nc1cccn(Cc2nc3ncnc(OCC(C)C)c3[nH]2)c1=O. The molecule has 0 aliphatic carbocycles. The summed E-state index contributed by atoms with van der Waals surface area (Å²) in [6.07, 6.45) is 5.59. The first kappa shape index (κ1) is 29.8. The van der Waals surface area contributed by atoms with E-state index in [0.29, 0.717) is 41.8 Å². The Morgan fingerprint density at radius 3 is 2.70 bits per heavy atom. The number of aromatic amines is 1. The van der Waals surface area contributed by atoms with Crippen LogP contribution < -0.4 is 20.9 Å². The maximum atomic E-state index is 13.2. The van der Waals surface area contributed by atoms with E-state index in [2.05, 4.69) is 35.3 Å². The number of aromatic nitrogens is 5. The van der Waals surface area contributed by atoms with Gasteiger partial charge < -0.3 is 34.6 Å². The molecule has 0 bridgehead atoms. The van der Waals surface area contributed by atoms with Crippen LogP contribution in [-0.4, -0.2) is 81.2 Å². The van der Waals surface area contributed by atoms with E-state index in [1.54, 1.807) is 32.4 Å². The number of ether oxygens (including phenoxy) is 2. The van der Waals surface area contributed by atoms with Crippen molar-refractivity contribution in [2.75, 3.05) is 33.1 Å². The molecule has 0 aliphatic rings. The summed E-state index contributed by atoms with van der Waals surface area (Å²) < 4.78 is 11.7. The number of nitrogens with one attached hydrogen (secondary N) is 3. The molecule has 0 radical (unpaired) electrons. The van der Waals surface area contributed by atoms with Gasteiger partial charge in [0, 0.05) is 20.3 Å². The van der Waals surface area contributed by atoms with Gasteiger partial charge in [-0.05, 0) is 37.0 Å². The smallest absolute Gasteiger partial charge is 0.407 e. The second-order valence-corrected chi connectivity index (χ2v) is 9.51. The summed E-state index contributed by atoms with van der Waals surface area (Å²) in [5, 5.41) is 5.04. The third-order valence-electron chi connectivity index (χ3n) is 5.57. The summed E-state index contributed by atoms with van der Waals surface area (Å²) in [7, 11) is 4.42. The Morgan fingerprint density at radius 2 is 2.00 bits per heavy atom. The molecule has 14 nitrogen and oxygen atoms in total. The maximum absolute atomic E-state index is 13.2. The average Bonchev–Trinajstić information content (AvgIpc) is 3.34. The molecule has 0 aromatic carbocycles. The van der Waals surface area contributed by atoms with Crippen LogP contribution >= 0.6 is 0 Å². The fourth-order valence-electron chi connectivity index (χ4n) is 3.49. The van der Waals surface area contributed by atoms with Gasteiger partial charge in [0.05, 0.1) is 20.3 Å². The van der Waals surface area contributed by atoms with Crippen LogP contribution in [0.4, 0.5) is 10.5 Å². The molecule has 3 rings (SSSR count). The van der Waals surface area contributed by atoms with Gasteiger partial charge in [-0.3, -0.25) is 14.4 Å². The molecular weight excluding hydrogens is 520 g/mol. The van der Waals surface area contributed by atoms with Crippen LogP contribution in [0.5, 0.6) is 5.88 Å². The van der Waals surface area contributed by atoms with E-state index in [9.17, 15) is 19.2 Å². The molecule has 3 aromatic rings. The fraction of sp³-hybridized carbons (Fsp3) is 0.423. The lowest BCUT2D eigenvalue weighted by Gasteiger charge is -2.17. The van der Waals surface area contributed by atoms with Crippen LogP contribution in [0.1, 0.15) is 32.5 Å². The number of likely N-dealkylation sites (N-methyl/N-ethyl adjacent to an activating group) is 1. The quantitative estimate of drug-likeness (QED) is 0.282. The number of pyridine rings is 1. The maximum Gasteiger partial charge on any atom is 0.407 e. The Balaban J connectivity index is 1.74. The fourth-order valence-corrected chi connectivity index (χ4v) is 3.49. The summed E-state index contributed by atoms with van der Waals surface area (Å²) in [5.41, 5.74) is 0.458. The summed E-state index contributed by atoms with van der Waals surface area (Å²) in [4.78, 5) is 67.0. The molecule has 0 saturated carbocycles. The minimum Gasteiger partial charge on any atom is -0.476 e. The van der Waals surface area contributed by atoms with Gasteiger partial charge in [0.2, 0.25) is 17.7 Å². The van der Waals surface area contributed by atoms with E-state index in [4.69, 9.17) is 4.74 Å². The average molecular weight is 555 g/mol. The number of imidazole rings is 1. The van der Waals surface area contributed by atoms with Crippen LogP contribution in [-0.2, 0) is 20.9 Å². The second-order valence-electron chi connectivity index (χ2n) is 9.51. The number of carbonyl (C=O) groups is 3. The standard InChI is InChI=1S/C26H34N8O6/c1-16(2)14-40-24-21-22(27-15-28-24)32-19(31-21)13-34-12-8-10-18(25(34)37)29-23(36)17(30-26(38)39-5)9-6-7-11-20(35)33(3)4/h7-8,10-12,15-17H,6,9,13-14H2,1-5H3,(H,29,36)(H,30,38)(H,27,28,31,32). The van der Waals surface area contributed by atoms with Crippen molar-refractivity contribution in [2.45, 2.75) is 39.3 Å². The molecule has 3 heterocycles. The highest BCUT2D eigenvalue weighted by molar-refractivity contribution is 5.96. The van der Waals surface area contributed by atoms with Crippen LogP contribution in [0, 0.1) is 5.92 Å². The molecule has 3 N–H and O–H groups in total. The van der Waals surface area contributed by atoms with Crippen LogP contribution in [0.3, 0.4) is 0 Å². The van der Waals surface area contributed by atoms with Gasteiger partial charge in [0.1, 0.15) is 29.4 Å². The molecule has 0 aliphatic heterocycles. The van der Waals surface area contributed by atoms with Gasteiger partial charge in [0.15, 0.2) is 5.65 Å². The van der Waals surface area contributed by atoms with Gasteiger partial charge in [-0.2, -0.15) is 4.98 Å². The largest absolute Gasteiger partial charge is 0.476 e. The first-order valence-corrected chi connectivity index (χ1v) is 12.6. The van der Waals surface area contributed by atoms with Crippen molar-refractivity contribution in [1.82, 2.24) is 34.7 Å². The third-order valence-corrected chi connectivity index (χ3v) is 5.57. The zero-order valence-electron chi connectivity index (χ0n) is 23.1. The van der Waals surface area contributed by atoms with E-state index in [0.717, 1.165) is 0 Å². The van der Waals surface area contributed by atoms with Crippen molar-refractivity contribution >= 4 is 34.8 Å². The summed E-state index contributed by atoms with van der Waals surface area (Å²) in [5.74, 6) is 0.298. The van der Waals surface area contributed by atoms with Crippen LogP contribution in [0.2, 0.25) is 0 Å². The van der Waals surface area contributed by atoms with Crippen molar-refractivity contribution in [3.8, 4) is 5.88 Å². The van der Waals surface area contributed by atoms with Gasteiger partial charge >= 0.3 is 6.09 Å². The molecule has 40 heavy (non-hydrogen) atoms. The second kappa shape index (κ2) is 13.9. The van der Waals surface area contributed by atoms with Crippen molar-refractivity contribution in [2.24, 2.45) is 5.92 Å². The number of nitrogens with zero attached hydrogens (tertiary/aromatic N) is 5. The molecule has 3 aromatic heterocycles. The number of hydrogen-bond acceptors (Lipinski definition) is 9. The number of carbonyl (C=O) groups excluding carboxylic acids is 3. The molecular formula is C26H34N8O6.